The molecule has 0 radical (unpaired) electrons. The van der Waals surface area contributed by atoms with Gasteiger partial charge in [0.2, 0.25) is 0 Å². The minimum Gasteiger partial charge on any atom is -0.306 e. The highest BCUT2D eigenvalue weighted by Gasteiger charge is 2.33. The molecule has 0 saturated heterocycles. The minimum atomic E-state index is -4.58. The molecule has 3 aromatic heterocycles. The average molecular weight is 391 g/mol. The van der Waals surface area contributed by atoms with Crippen molar-refractivity contribution in [2.75, 3.05) is 5.75 Å². The maximum atomic E-state index is 12.9. The van der Waals surface area contributed by atoms with Crippen LogP contribution in [0.1, 0.15) is 18.2 Å². The maximum Gasteiger partial charge on any atom is 0.433 e. The Morgan fingerprint density at radius 2 is 1.73 bits per heavy atom. The molecule has 0 aromatic carbocycles. The van der Waals surface area contributed by atoms with Crippen molar-refractivity contribution < 1.29 is 26.3 Å². The van der Waals surface area contributed by atoms with E-state index in [1.54, 1.807) is 6.92 Å². The second-order valence-corrected chi connectivity index (χ2v) is 6.54. The van der Waals surface area contributed by atoms with E-state index >= 15 is 0 Å². The predicted octanol–water partition coefficient (Wildman–Crippen LogP) is 5.55. The number of imidazole rings is 1. The molecule has 0 aliphatic carbocycles. The van der Waals surface area contributed by atoms with Gasteiger partial charge in [-0.05, 0) is 30.0 Å². The van der Waals surface area contributed by atoms with Crippen LogP contribution in [0.5, 0.6) is 0 Å². The third kappa shape index (κ3) is 3.64. The van der Waals surface area contributed by atoms with Crippen LogP contribution in [-0.2, 0) is 12.4 Å². The number of alkyl halides is 6. The zero-order valence-corrected chi connectivity index (χ0v) is 14.0. The van der Waals surface area contributed by atoms with Gasteiger partial charge in [-0.15, -0.1) is 11.8 Å². The first kappa shape index (κ1) is 18.6. The molecule has 3 rings (SSSR count). The first-order valence-corrected chi connectivity index (χ1v) is 8.35. The molecule has 0 bridgehead atoms. The highest BCUT2D eigenvalue weighted by molar-refractivity contribution is 7.99. The van der Waals surface area contributed by atoms with E-state index in [1.165, 1.54) is 22.9 Å². The number of hydrogen-bond donors (Lipinski definition) is 0. The topological polar surface area (TPSA) is 30.2 Å². The number of nitrogens with zero attached hydrogens (tertiary/aromatic N) is 3. The van der Waals surface area contributed by atoms with Gasteiger partial charge in [0.25, 0.3) is 0 Å². The van der Waals surface area contributed by atoms with Gasteiger partial charge in [-0.1, -0.05) is 6.92 Å². The zero-order chi connectivity index (χ0) is 19.1. The summed E-state index contributed by atoms with van der Waals surface area (Å²) in [5.41, 5.74) is -1.25. The van der Waals surface area contributed by atoms with Gasteiger partial charge in [0.05, 0.1) is 11.3 Å². The monoisotopic (exact) mass is 391 g/mol. The van der Waals surface area contributed by atoms with E-state index in [-0.39, 0.29) is 16.4 Å². The van der Waals surface area contributed by atoms with Crippen molar-refractivity contribution in [1.82, 2.24) is 14.4 Å². The second-order valence-electron chi connectivity index (χ2n) is 5.28. The highest BCUT2D eigenvalue weighted by atomic mass is 32.2. The zero-order valence-electron chi connectivity index (χ0n) is 13.2. The molecular weight excluding hydrogens is 380 g/mol. The summed E-state index contributed by atoms with van der Waals surface area (Å²) in [6.45, 7) is 1.76. The van der Waals surface area contributed by atoms with Crippen molar-refractivity contribution in [1.29, 1.82) is 0 Å². The van der Waals surface area contributed by atoms with Crippen LogP contribution in [0.3, 0.4) is 0 Å². The fourth-order valence-electron chi connectivity index (χ4n) is 2.33. The van der Waals surface area contributed by atoms with Crippen LogP contribution in [0.25, 0.3) is 16.9 Å². The van der Waals surface area contributed by atoms with Crippen LogP contribution < -0.4 is 0 Å². The van der Waals surface area contributed by atoms with Crippen LogP contribution in [0.2, 0.25) is 0 Å². The lowest BCUT2D eigenvalue weighted by atomic mass is 10.2. The predicted molar refractivity (Wildman–Crippen MR) is 84.8 cm³/mol. The molecule has 0 fully saturated rings. The summed E-state index contributed by atoms with van der Waals surface area (Å²) < 4.78 is 78.4. The van der Waals surface area contributed by atoms with Gasteiger partial charge in [-0.3, -0.25) is 0 Å². The molecule has 3 nitrogen and oxygen atoms in total. The molecule has 0 unspecified atom stereocenters. The van der Waals surface area contributed by atoms with Gasteiger partial charge in [-0.25, -0.2) is 9.97 Å². The Morgan fingerprint density at radius 3 is 2.35 bits per heavy atom. The number of hydrogen-bond acceptors (Lipinski definition) is 3. The van der Waals surface area contributed by atoms with Crippen molar-refractivity contribution in [2.24, 2.45) is 0 Å². The molecule has 3 aromatic rings. The van der Waals surface area contributed by atoms with Crippen LogP contribution in [0, 0.1) is 0 Å². The van der Waals surface area contributed by atoms with E-state index in [1.807, 2.05) is 0 Å². The number of halogens is 6. The van der Waals surface area contributed by atoms with Crippen LogP contribution in [0.4, 0.5) is 26.3 Å². The summed E-state index contributed by atoms with van der Waals surface area (Å²) >= 11 is 1.10. The van der Waals surface area contributed by atoms with Crippen molar-refractivity contribution in [3.8, 4) is 11.3 Å². The fourth-order valence-corrected chi connectivity index (χ4v) is 3.09. The summed E-state index contributed by atoms with van der Waals surface area (Å²) in [6, 6.07) is 3.86. The number of aromatic nitrogens is 3. The molecular formula is C16H11F6N3S. The molecule has 0 aliphatic rings. The number of rotatable bonds is 3. The van der Waals surface area contributed by atoms with Crippen LogP contribution in [-0.4, -0.2) is 20.1 Å². The van der Waals surface area contributed by atoms with Crippen LogP contribution in [0.15, 0.2) is 41.7 Å². The summed E-state index contributed by atoms with van der Waals surface area (Å²) in [5.74, 6) is 0.479. The lowest BCUT2D eigenvalue weighted by Gasteiger charge is -2.10. The smallest absolute Gasteiger partial charge is 0.306 e. The van der Waals surface area contributed by atoms with Crippen molar-refractivity contribution in [3.05, 3.63) is 47.9 Å². The minimum absolute atomic E-state index is 0.0437. The Kier molecular flexibility index (Phi) is 4.63. The third-order valence-electron chi connectivity index (χ3n) is 3.50. The third-order valence-corrected chi connectivity index (χ3v) is 4.37. The summed E-state index contributed by atoms with van der Waals surface area (Å²) in [5, 5.41) is 0.127. The first-order valence-electron chi connectivity index (χ1n) is 7.37. The lowest BCUT2D eigenvalue weighted by molar-refractivity contribution is -0.141. The van der Waals surface area contributed by atoms with E-state index in [2.05, 4.69) is 9.97 Å². The molecule has 3 heterocycles. The molecule has 10 heteroatoms. The second kappa shape index (κ2) is 6.49. The Labute approximate surface area is 148 Å². The van der Waals surface area contributed by atoms with Gasteiger partial charge in [0, 0.05) is 18.0 Å². The molecule has 138 valence electrons. The number of pyridine rings is 2. The normalized spacial score (nSPS) is 12.7. The Bertz CT molecular complexity index is 945. The maximum absolute atomic E-state index is 12.9. The standard InChI is InChI=1S/C16H11F6N3S/c1-2-26-14-10(3-4-12(24-14)16(20,21)22)11-8-25-6-5-9(15(17,18)19)7-13(25)23-11/h3-8H,2H2,1H3. The first-order chi connectivity index (χ1) is 12.1. The molecule has 26 heavy (non-hydrogen) atoms. The number of fused-ring (bicyclic) bond motifs is 1. The molecule has 0 saturated carbocycles. The molecule has 0 amide bonds. The van der Waals surface area contributed by atoms with Crippen molar-refractivity contribution in [2.45, 2.75) is 24.3 Å². The fraction of sp³-hybridized carbons (Fsp3) is 0.250. The van der Waals surface area contributed by atoms with E-state index < -0.39 is 23.6 Å². The van der Waals surface area contributed by atoms with E-state index in [9.17, 15) is 26.3 Å². The van der Waals surface area contributed by atoms with Crippen LogP contribution >= 0.6 is 11.8 Å². The van der Waals surface area contributed by atoms with Crippen molar-refractivity contribution >= 4 is 17.4 Å². The summed E-state index contributed by atoms with van der Waals surface area (Å²) in [4.78, 5) is 7.77. The van der Waals surface area contributed by atoms with Crippen molar-refractivity contribution in [3.63, 3.8) is 0 Å². The Balaban J connectivity index is 2.10. The van der Waals surface area contributed by atoms with E-state index in [0.717, 1.165) is 30.0 Å². The quantitative estimate of drug-likeness (QED) is 0.433. The SMILES string of the molecule is CCSc1nc(C(F)(F)F)ccc1-c1cn2ccc(C(F)(F)F)cc2n1. The largest absolute Gasteiger partial charge is 0.433 e. The van der Waals surface area contributed by atoms with Gasteiger partial charge in [0.15, 0.2) is 0 Å². The van der Waals surface area contributed by atoms with E-state index in [4.69, 9.17) is 0 Å². The summed E-state index contributed by atoms with van der Waals surface area (Å²) in [6.07, 6.45) is -6.42. The van der Waals surface area contributed by atoms with Gasteiger partial charge < -0.3 is 4.40 Å². The molecule has 0 spiro atoms. The lowest BCUT2D eigenvalue weighted by Crippen LogP contribution is -2.08. The highest BCUT2D eigenvalue weighted by Crippen LogP contribution is 2.35. The van der Waals surface area contributed by atoms with E-state index in [0.29, 0.717) is 11.3 Å². The molecule has 0 atom stereocenters. The Morgan fingerprint density at radius 1 is 1.00 bits per heavy atom. The van der Waals surface area contributed by atoms with Gasteiger partial charge >= 0.3 is 12.4 Å². The summed E-state index contributed by atoms with van der Waals surface area (Å²) in [7, 11) is 0. The molecule has 0 aliphatic heterocycles. The van der Waals surface area contributed by atoms with Gasteiger partial charge in [0.1, 0.15) is 16.4 Å². The van der Waals surface area contributed by atoms with Gasteiger partial charge in [-0.2, -0.15) is 26.3 Å². The molecule has 0 N–H and O–H groups in total. The average Bonchev–Trinajstić information content (AvgIpc) is 2.96. The Hall–Kier alpha value is -2.23. The number of thioether (sulfide) groups is 1.